The van der Waals surface area contributed by atoms with Crippen molar-refractivity contribution >= 4 is 5.69 Å². The molecule has 164 valence electrons. The van der Waals surface area contributed by atoms with Crippen molar-refractivity contribution < 1.29 is 4.74 Å². The average Bonchev–Trinajstić information content (AvgIpc) is 3.31. The fourth-order valence-electron chi connectivity index (χ4n) is 4.13. The lowest BCUT2D eigenvalue weighted by Crippen LogP contribution is -2.48. The van der Waals surface area contributed by atoms with E-state index in [-0.39, 0.29) is 11.6 Å². The molecule has 0 aliphatic carbocycles. The first kappa shape index (κ1) is 21.3. The minimum absolute atomic E-state index is 0.00958. The number of para-hydroxylation sites is 1. The van der Waals surface area contributed by atoms with Crippen LogP contribution in [-0.2, 0) is 5.54 Å². The van der Waals surface area contributed by atoms with Gasteiger partial charge in [-0.3, -0.25) is 4.90 Å². The van der Waals surface area contributed by atoms with Gasteiger partial charge in [-0.1, -0.05) is 37.3 Å². The van der Waals surface area contributed by atoms with E-state index in [9.17, 15) is 0 Å². The van der Waals surface area contributed by atoms with E-state index >= 15 is 0 Å². The Kier molecular flexibility index (Phi) is 6.23. The molecule has 0 spiro atoms. The first-order valence-corrected chi connectivity index (χ1v) is 11.0. The van der Waals surface area contributed by atoms with Crippen molar-refractivity contribution in [2.24, 2.45) is 0 Å². The smallest absolute Gasteiger partial charge is 0.173 e. The Morgan fingerprint density at radius 2 is 1.65 bits per heavy atom. The number of rotatable bonds is 7. The van der Waals surface area contributed by atoms with Gasteiger partial charge in [-0.15, -0.1) is 5.10 Å². The second-order valence-electron chi connectivity index (χ2n) is 8.65. The quantitative estimate of drug-likeness (QED) is 0.580. The van der Waals surface area contributed by atoms with Gasteiger partial charge in [0.1, 0.15) is 5.75 Å². The third-order valence-electron chi connectivity index (χ3n) is 6.41. The molecule has 0 N–H and O–H groups in total. The molecule has 1 aliphatic rings. The van der Waals surface area contributed by atoms with Gasteiger partial charge in [0.25, 0.3) is 0 Å². The predicted octanol–water partition coefficient (Wildman–Crippen LogP) is 3.74. The molecule has 0 saturated carbocycles. The van der Waals surface area contributed by atoms with Crippen LogP contribution in [0.25, 0.3) is 0 Å². The van der Waals surface area contributed by atoms with Gasteiger partial charge < -0.3 is 9.64 Å². The highest BCUT2D eigenvalue weighted by atomic mass is 16.5. The second kappa shape index (κ2) is 9.06. The van der Waals surface area contributed by atoms with Gasteiger partial charge in [0.15, 0.2) is 5.82 Å². The number of ether oxygens (including phenoxy) is 1. The summed E-state index contributed by atoms with van der Waals surface area (Å²) >= 11 is 0. The summed E-state index contributed by atoms with van der Waals surface area (Å²) in [5.41, 5.74) is 2.30. The van der Waals surface area contributed by atoms with Crippen molar-refractivity contribution in [1.82, 2.24) is 25.1 Å². The Hall–Kier alpha value is -2.93. The molecule has 4 rings (SSSR count). The number of benzene rings is 2. The first-order chi connectivity index (χ1) is 15.0. The topological polar surface area (TPSA) is 59.3 Å². The molecule has 2 aromatic carbocycles. The largest absolute Gasteiger partial charge is 0.497 e. The van der Waals surface area contributed by atoms with Crippen molar-refractivity contribution in [2.45, 2.75) is 38.8 Å². The Morgan fingerprint density at radius 3 is 2.26 bits per heavy atom. The maximum absolute atomic E-state index is 5.38. The molecule has 2 heterocycles. The van der Waals surface area contributed by atoms with E-state index in [2.05, 4.69) is 88.6 Å². The molecule has 0 radical (unpaired) electrons. The standard InChI is InChI=1S/C24H32N6O/c1-5-24(2,3)30-23(25-26-27-30)22(19-11-13-21(31-4)14-12-19)29-17-15-28(16-18-29)20-9-7-6-8-10-20/h6-14,22H,5,15-18H2,1-4H3/t22-/m1/s1. The molecule has 0 bridgehead atoms. The lowest BCUT2D eigenvalue weighted by Gasteiger charge is -2.40. The van der Waals surface area contributed by atoms with Crippen LogP contribution in [0.4, 0.5) is 5.69 Å². The van der Waals surface area contributed by atoms with Gasteiger partial charge in [0, 0.05) is 31.9 Å². The van der Waals surface area contributed by atoms with E-state index in [1.807, 2.05) is 16.8 Å². The number of nitrogens with zero attached hydrogens (tertiary/aromatic N) is 6. The van der Waals surface area contributed by atoms with E-state index in [1.165, 1.54) is 11.3 Å². The van der Waals surface area contributed by atoms with E-state index in [0.717, 1.165) is 44.2 Å². The van der Waals surface area contributed by atoms with Crippen LogP contribution in [-0.4, -0.2) is 58.4 Å². The fraction of sp³-hybridized carbons (Fsp3) is 0.458. The van der Waals surface area contributed by atoms with E-state index in [4.69, 9.17) is 4.74 Å². The predicted molar refractivity (Wildman–Crippen MR) is 122 cm³/mol. The molecule has 1 aromatic heterocycles. The van der Waals surface area contributed by atoms with Crippen LogP contribution < -0.4 is 9.64 Å². The minimum atomic E-state index is -0.157. The zero-order valence-electron chi connectivity index (χ0n) is 18.9. The molecule has 0 amide bonds. The van der Waals surface area contributed by atoms with Gasteiger partial charge in [-0.25, -0.2) is 4.68 Å². The molecular formula is C24H32N6O. The van der Waals surface area contributed by atoms with Crippen LogP contribution >= 0.6 is 0 Å². The highest BCUT2D eigenvalue weighted by Gasteiger charge is 2.34. The van der Waals surface area contributed by atoms with Crippen LogP contribution in [0.2, 0.25) is 0 Å². The molecule has 1 aliphatic heterocycles. The van der Waals surface area contributed by atoms with Crippen molar-refractivity contribution in [1.29, 1.82) is 0 Å². The average molecular weight is 421 g/mol. The summed E-state index contributed by atoms with van der Waals surface area (Å²) in [5, 5.41) is 13.0. The number of anilines is 1. The summed E-state index contributed by atoms with van der Waals surface area (Å²) in [7, 11) is 1.69. The van der Waals surface area contributed by atoms with Gasteiger partial charge in [-0.2, -0.15) is 0 Å². The van der Waals surface area contributed by atoms with Crippen molar-refractivity contribution in [3.8, 4) is 5.75 Å². The Morgan fingerprint density at radius 1 is 0.968 bits per heavy atom. The maximum Gasteiger partial charge on any atom is 0.173 e. The Bertz CT molecular complexity index is 961. The summed E-state index contributed by atoms with van der Waals surface area (Å²) < 4.78 is 7.38. The van der Waals surface area contributed by atoms with Gasteiger partial charge in [0.05, 0.1) is 18.7 Å². The van der Waals surface area contributed by atoms with Crippen LogP contribution in [0.5, 0.6) is 5.75 Å². The van der Waals surface area contributed by atoms with Crippen molar-refractivity contribution in [3.63, 3.8) is 0 Å². The third kappa shape index (κ3) is 4.42. The number of hydrogen-bond donors (Lipinski definition) is 0. The molecule has 7 nitrogen and oxygen atoms in total. The van der Waals surface area contributed by atoms with Crippen LogP contribution in [0, 0.1) is 0 Å². The fourth-order valence-corrected chi connectivity index (χ4v) is 4.13. The number of aromatic nitrogens is 4. The SMILES string of the molecule is CCC(C)(C)n1nnnc1[C@@H](c1ccc(OC)cc1)N1CCN(c2ccccc2)CC1. The highest BCUT2D eigenvalue weighted by molar-refractivity contribution is 5.46. The molecule has 1 atom stereocenters. The third-order valence-corrected chi connectivity index (χ3v) is 6.41. The zero-order valence-corrected chi connectivity index (χ0v) is 18.9. The number of piperazine rings is 1. The molecule has 0 unspecified atom stereocenters. The zero-order chi connectivity index (χ0) is 21.8. The Labute approximate surface area is 184 Å². The summed E-state index contributed by atoms with van der Waals surface area (Å²) in [6, 6.07) is 18.9. The lowest BCUT2D eigenvalue weighted by molar-refractivity contribution is 0.187. The van der Waals surface area contributed by atoms with Gasteiger partial charge in [-0.05, 0) is 60.5 Å². The van der Waals surface area contributed by atoms with Crippen molar-refractivity contribution in [2.75, 3.05) is 38.2 Å². The summed E-state index contributed by atoms with van der Waals surface area (Å²) in [6.45, 7) is 10.4. The number of tetrazole rings is 1. The summed E-state index contributed by atoms with van der Waals surface area (Å²) in [5.74, 6) is 1.75. The summed E-state index contributed by atoms with van der Waals surface area (Å²) in [4.78, 5) is 4.94. The first-order valence-electron chi connectivity index (χ1n) is 11.0. The molecule has 31 heavy (non-hydrogen) atoms. The van der Waals surface area contributed by atoms with Crippen molar-refractivity contribution in [3.05, 3.63) is 66.0 Å². The van der Waals surface area contributed by atoms with E-state index < -0.39 is 0 Å². The van der Waals surface area contributed by atoms with Crippen LogP contribution in [0.15, 0.2) is 54.6 Å². The molecule has 7 heteroatoms. The molecule has 1 saturated heterocycles. The highest BCUT2D eigenvalue weighted by Crippen LogP contribution is 2.32. The maximum atomic E-state index is 5.38. The second-order valence-corrected chi connectivity index (χ2v) is 8.65. The molecule has 3 aromatic rings. The lowest BCUT2D eigenvalue weighted by atomic mass is 9.99. The van der Waals surface area contributed by atoms with Gasteiger partial charge in [0.2, 0.25) is 0 Å². The number of methoxy groups -OCH3 is 1. The molecule has 1 fully saturated rings. The monoisotopic (exact) mass is 420 g/mol. The molecular weight excluding hydrogens is 388 g/mol. The van der Waals surface area contributed by atoms with Crippen LogP contribution in [0.3, 0.4) is 0 Å². The van der Waals surface area contributed by atoms with Crippen LogP contribution in [0.1, 0.15) is 44.6 Å². The Balaban J connectivity index is 1.65. The summed E-state index contributed by atoms with van der Waals surface area (Å²) in [6.07, 6.45) is 0.947. The number of hydrogen-bond acceptors (Lipinski definition) is 6. The van der Waals surface area contributed by atoms with Gasteiger partial charge >= 0.3 is 0 Å². The van der Waals surface area contributed by atoms with E-state index in [0.29, 0.717) is 0 Å². The van der Waals surface area contributed by atoms with E-state index in [1.54, 1.807) is 7.11 Å². The minimum Gasteiger partial charge on any atom is -0.497 e. The normalized spacial score (nSPS) is 16.3.